The molecular weight excluding hydrogens is 437 g/mol. The van der Waals surface area contributed by atoms with Crippen LogP contribution in [0.5, 0.6) is 0 Å². The molecule has 0 bridgehead atoms. The lowest BCUT2D eigenvalue weighted by Crippen LogP contribution is -2.50. The van der Waals surface area contributed by atoms with Gasteiger partial charge in [-0.1, -0.05) is 29.3 Å². The summed E-state index contributed by atoms with van der Waals surface area (Å²) in [6.07, 6.45) is 1.40. The third kappa shape index (κ3) is 6.32. The predicted molar refractivity (Wildman–Crippen MR) is 123 cm³/mol. The summed E-state index contributed by atoms with van der Waals surface area (Å²) in [6.45, 7) is 4.52. The number of carbonyl (C=O) groups excluding carboxylic acids is 2. The molecule has 3 atom stereocenters. The highest BCUT2D eigenvalue weighted by molar-refractivity contribution is 6.33. The van der Waals surface area contributed by atoms with Gasteiger partial charge in [0.1, 0.15) is 11.9 Å². The average Bonchev–Trinajstić information content (AvgIpc) is 3.18. The van der Waals surface area contributed by atoms with E-state index in [1.54, 1.807) is 25.1 Å². The number of rotatable bonds is 7. The number of anilines is 1. The minimum Gasteiger partial charge on any atom is -0.384 e. The first-order valence-electron chi connectivity index (χ1n) is 10.2. The van der Waals surface area contributed by atoms with Crippen molar-refractivity contribution >= 4 is 40.8 Å². The molecule has 3 rings (SSSR count). The van der Waals surface area contributed by atoms with Crippen molar-refractivity contribution in [2.45, 2.75) is 45.3 Å². The van der Waals surface area contributed by atoms with Gasteiger partial charge in [-0.05, 0) is 74.5 Å². The molecule has 7 nitrogen and oxygen atoms in total. The van der Waals surface area contributed by atoms with E-state index in [-0.39, 0.29) is 23.8 Å². The monoisotopic (exact) mass is 463 g/mol. The second-order valence-corrected chi connectivity index (χ2v) is 8.77. The quantitative estimate of drug-likeness (QED) is 0.504. The zero-order valence-electron chi connectivity index (χ0n) is 17.5. The number of hydrogen-bond donors (Lipinski definition) is 4. The molecule has 0 spiro atoms. The molecule has 1 aliphatic heterocycles. The van der Waals surface area contributed by atoms with Crippen LogP contribution in [-0.2, 0) is 22.6 Å². The van der Waals surface area contributed by atoms with Crippen LogP contribution in [0.4, 0.5) is 5.82 Å². The minimum atomic E-state index is -0.655. The Hall–Kier alpha value is -2.35. The van der Waals surface area contributed by atoms with Crippen molar-refractivity contribution in [3.63, 3.8) is 0 Å². The van der Waals surface area contributed by atoms with Crippen LogP contribution in [0.3, 0.4) is 0 Å². The summed E-state index contributed by atoms with van der Waals surface area (Å²) < 4.78 is 0. The Balaban J connectivity index is 1.47. The van der Waals surface area contributed by atoms with Gasteiger partial charge >= 0.3 is 0 Å². The third-order valence-electron chi connectivity index (χ3n) is 5.48. The molecular formula is C22H27Cl2N5O2. The first-order chi connectivity index (χ1) is 14.7. The van der Waals surface area contributed by atoms with E-state index in [1.807, 2.05) is 19.1 Å². The summed E-state index contributed by atoms with van der Waals surface area (Å²) >= 11 is 12.3. The third-order valence-corrected chi connectivity index (χ3v) is 6.08. The lowest BCUT2D eigenvalue weighted by atomic mass is 9.96. The smallest absolute Gasteiger partial charge is 0.242 e. The van der Waals surface area contributed by atoms with E-state index in [4.69, 9.17) is 28.9 Å². The van der Waals surface area contributed by atoms with Crippen molar-refractivity contribution in [3.8, 4) is 0 Å². The van der Waals surface area contributed by atoms with E-state index in [1.165, 1.54) is 0 Å². The molecule has 1 saturated heterocycles. The molecule has 31 heavy (non-hydrogen) atoms. The van der Waals surface area contributed by atoms with E-state index >= 15 is 0 Å². The molecule has 0 saturated carbocycles. The van der Waals surface area contributed by atoms with E-state index in [0.717, 1.165) is 23.2 Å². The van der Waals surface area contributed by atoms with Crippen molar-refractivity contribution in [2.24, 2.45) is 5.92 Å². The normalized spacial score (nSPS) is 19.1. The van der Waals surface area contributed by atoms with Crippen LogP contribution in [-0.4, -0.2) is 35.4 Å². The standard InChI is InChI=1S/C22H27Cl2N5O2/c1-12-15(3-6-20(25)28-12)11-27-21(30)13(2)29-22(31)19-8-14(10-26-19)7-16-9-17(23)4-5-18(16)24/h3-6,9,13-14,19,26H,7-8,10-11H2,1-2H3,(H2,25,28)(H,27,30)(H,29,31)/t13-,14-,19+/m0/s1. The largest absolute Gasteiger partial charge is 0.384 e. The number of nitrogens with zero attached hydrogens (tertiary/aromatic N) is 1. The van der Waals surface area contributed by atoms with Gasteiger partial charge in [-0.25, -0.2) is 4.98 Å². The highest BCUT2D eigenvalue weighted by Gasteiger charge is 2.31. The van der Waals surface area contributed by atoms with Gasteiger partial charge in [0.05, 0.1) is 6.04 Å². The molecule has 2 aromatic rings. The van der Waals surface area contributed by atoms with Gasteiger partial charge in [0, 0.05) is 22.3 Å². The average molecular weight is 464 g/mol. The molecule has 166 valence electrons. The zero-order valence-corrected chi connectivity index (χ0v) is 19.1. The Morgan fingerprint density at radius 3 is 2.77 bits per heavy atom. The summed E-state index contributed by atoms with van der Waals surface area (Å²) in [7, 11) is 0. The molecule has 1 aromatic heterocycles. The maximum Gasteiger partial charge on any atom is 0.242 e. The topological polar surface area (TPSA) is 109 Å². The van der Waals surface area contributed by atoms with Crippen molar-refractivity contribution < 1.29 is 9.59 Å². The number of nitrogens with two attached hydrogens (primary N) is 1. The number of halogens is 2. The lowest BCUT2D eigenvalue weighted by molar-refractivity contribution is -0.129. The summed E-state index contributed by atoms with van der Waals surface area (Å²) in [5, 5.41) is 10.2. The number of benzene rings is 1. The molecule has 1 aromatic carbocycles. The van der Waals surface area contributed by atoms with Gasteiger partial charge < -0.3 is 21.7 Å². The van der Waals surface area contributed by atoms with Crippen molar-refractivity contribution in [2.75, 3.05) is 12.3 Å². The molecule has 0 unspecified atom stereocenters. The van der Waals surface area contributed by atoms with E-state index in [2.05, 4.69) is 20.9 Å². The Bertz CT molecular complexity index is 969. The number of aryl methyl sites for hydroxylation is 1. The molecule has 5 N–H and O–H groups in total. The summed E-state index contributed by atoms with van der Waals surface area (Å²) in [6, 6.07) is 7.93. The Kier molecular flexibility index (Phi) is 7.75. The first-order valence-corrected chi connectivity index (χ1v) is 11.0. The van der Waals surface area contributed by atoms with Crippen molar-refractivity contribution in [1.29, 1.82) is 0 Å². The first kappa shape index (κ1) is 23.3. The van der Waals surface area contributed by atoms with E-state index in [0.29, 0.717) is 35.4 Å². The molecule has 2 heterocycles. The molecule has 1 aliphatic rings. The number of carbonyl (C=O) groups is 2. The van der Waals surface area contributed by atoms with Gasteiger partial charge in [0.25, 0.3) is 0 Å². The van der Waals surface area contributed by atoms with Crippen LogP contribution in [0, 0.1) is 12.8 Å². The van der Waals surface area contributed by atoms with E-state index in [9.17, 15) is 9.59 Å². The lowest BCUT2D eigenvalue weighted by Gasteiger charge is -2.17. The summed E-state index contributed by atoms with van der Waals surface area (Å²) in [4.78, 5) is 29.2. The summed E-state index contributed by atoms with van der Waals surface area (Å²) in [5.74, 6) is 0.252. The van der Waals surface area contributed by atoms with Crippen molar-refractivity contribution in [3.05, 3.63) is 57.2 Å². The molecule has 0 aliphatic carbocycles. The number of hydrogen-bond acceptors (Lipinski definition) is 5. The van der Waals surface area contributed by atoms with Crippen LogP contribution in [0.25, 0.3) is 0 Å². The number of nitrogen functional groups attached to an aromatic ring is 1. The zero-order chi connectivity index (χ0) is 22.5. The SMILES string of the molecule is Cc1nc(N)ccc1CNC(=O)[C@H](C)NC(=O)[C@H]1C[C@H](Cc2cc(Cl)ccc2Cl)CN1. The molecule has 1 fully saturated rings. The maximum absolute atomic E-state index is 12.6. The van der Waals surface area contributed by atoms with Crippen LogP contribution in [0.2, 0.25) is 10.0 Å². The van der Waals surface area contributed by atoms with E-state index < -0.39 is 6.04 Å². The second-order valence-electron chi connectivity index (χ2n) is 7.93. The highest BCUT2D eigenvalue weighted by Crippen LogP contribution is 2.26. The van der Waals surface area contributed by atoms with Gasteiger partial charge in [0.15, 0.2) is 0 Å². The fourth-order valence-electron chi connectivity index (χ4n) is 3.69. The molecule has 2 amide bonds. The van der Waals surface area contributed by atoms with Crippen LogP contribution >= 0.6 is 23.2 Å². The van der Waals surface area contributed by atoms with Gasteiger partial charge in [0.2, 0.25) is 11.8 Å². The Morgan fingerprint density at radius 1 is 1.26 bits per heavy atom. The van der Waals surface area contributed by atoms with Gasteiger partial charge in [-0.2, -0.15) is 0 Å². The number of nitrogens with one attached hydrogen (secondary N) is 3. The van der Waals surface area contributed by atoms with Crippen LogP contribution in [0.1, 0.15) is 30.2 Å². The fourth-order valence-corrected chi connectivity index (χ4v) is 4.08. The number of amides is 2. The fraction of sp³-hybridized carbons (Fsp3) is 0.409. The Morgan fingerprint density at radius 2 is 2.03 bits per heavy atom. The maximum atomic E-state index is 12.6. The predicted octanol–water partition coefficient (Wildman–Crippen LogP) is 2.62. The molecule has 0 radical (unpaired) electrons. The highest BCUT2D eigenvalue weighted by atomic mass is 35.5. The number of pyridine rings is 1. The second kappa shape index (κ2) is 10.3. The summed E-state index contributed by atoms with van der Waals surface area (Å²) in [5.41, 5.74) is 8.26. The molecule has 9 heteroatoms. The van der Waals surface area contributed by atoms with Crippen molar-refractivity contribution in [1.82, 2.24) is 20.9 Å². The minimum absolute atomic E-state index is 0.187. The van der Waals surface area contributed by atoms with Crippen LogP contribution in [0.15, 0.2) is 30.3 Å². The van der Waals surface area contributed by atoms with Crippen LogP contribution < -0.4 is 21.7 Å². The van der Waals surface area contributed by atoms with Gasteiger partial charge in [-0.3, -0.25) is 9.59 Å². The Labute approximate surface area is 192 Å². The number of aromatic nitrogens is 1. The van der Waals surface area contributed by atoms with Gasteiger partial charge in [-0.15, -0.1) is 0 Å².